The Kier molecular flexibility index (Phi) is 17.2. The monoisotopic (exact) mass is 458 g/mol. The molecule has 0 amide bonds. The fourth-order valence-corrected chi connectivity index (χ4v) is 4.81. The quantitative estimate of drug-likeness (QED) is 0.417. The first kappa shape index (κ1) is 29.6. The Labute approximate surface area is 184 Å². The van der Waals surface area contributed by atoms with Crippen LogP contribution in [0.3, 0.4) is 0 Å². The van der Waals surface area contributed by atoms with E-state index in [2.05, 4.69) is 55.2 Å². The van der Waals surface area contributed by atoms with Gasteiger partial charge in [-0.3, -0.25) is 0 Å². The predicted molar refractivity (Wildman–Crippen MR) is 129 cm³/mol. The molecule has 3 heteroatoms. The second-order valence-corrected chi connectivity index (χ2v) is 8.73. The Morgan fingerprint density at radius 1 is 1.29 bits per heavy atom. The van der Waals surface area contributed by atoms with Gasteiger partial charge in [0.25, 0.3) is 0 Å². The van der Waals surface area contributed by atoms with Gasteiger partial charge >= 0.3 is 5.97 Å². The zero-order valence-corrected chi connectivity index (χ0v) is 21.5. The van der Waals surface area contributed by atoms with Crippen LogP contribution in [-0.2, 0) is 4.79 Å². The highest BCUT2D eigenvalue weighted by atomic mass is 79.9. The molecule has 0 aromatic heterocycles. The Bertz CT molecular complexity index is 467. The number of carbonyl (C=O) groups is 1. The zero-order valence-electron chi connectivity index (χ0n) is 19.9. The van der Waals surface area contributed by atoms with Crippen LogP contribution in [0, 0.1) is 23.2 Å². The average Bonchev–Trinajstić information content (AvgIpc) is 3.00. The van der Waals surface area contributed by atoms with Crippen LogP contribution in [0.2, 0.25) is 0 Å². The SMILES string of the molecule is C=C(CCCC(C)C)C(=O)O.CC.CC.CC1CCC2/C(=C/Br)CCCC12C. The highest BCUT2D eigenvalue weighted by molar-refractivity contribution is 9.11. The third-order valence-corrected chi connectivity index (χ3v) is 6.73. The second-order valence-electron chi connectivity index (χ2n) is 8.27. The van der Waals surface area contributed by atoms with Gasteiger partial charge in [-0.1, -0.05) is 89.9 Å². The normalized spacial score (nSPS) is 26.7. The number of rotatable bonds is 5. The van der Waals surface area contributed by atoms with Crippen molar-refractivity contribution in [1.29, 1.82) is 0 Å². The Morgan fingerprint density at radius 2 is 1.86 bits per heavy atom. The molecule has 2 aliphatic rings. The van der Waals surface area contributed by atoms with Crippen molar-refractivity contribution >= 4 is 21.9 Å². The van der Waals surface area contributed by atoms with Crippen molar-refractivity contribution in [1.82, 2.24) is 0 Å². The third kappa shape index (κ3) is 9.76. The van der Waals surface area contributed by atoms with Crippen LogP contribution in [-0.4, -0.2) is 11.1 Å². The maximum atomic E-state index is 10.3. The summed E-state index contributed by atoms with van der Waals surface area (Å²) in [6.45, 7) is 20.7. The maximum Gasteiger partial charge on any atom is 0.330 e. The van der Waals surface area contributed by atoms with Crippen molar-refractivity contribution < 1.29 is 9.90 Å². The maximum absolute atomic E-state index is 10.3. The molecule has 2 fully saturated rings. The van der Waals surface area contributed by atoms with E-state index in [0.29, 0.717) is 23.3 Å². The minimum absolute atomic E-state index is 0.325. The number of hydrogen-bond donors (Lipinski definition) is 1. The van der Waals surface area contributed by atoms with Crippen LogP contribution >= 0.6 is 15.9 Å². The first-order valence-electron chi connectivity index (χ1n) is 11.4. The van der Waals surface area contributed by atoms with E-state index >= 15 is 0 Å². The fraction of sp³-hybridized carbons (Fsp3) is 0.800. The smallest absolute Gasteiger partial charge is 0.330 e. The topological polar surface area (TPSA) is 37.3 Å². The fourth-order valence-electron chi connectivity index (χ4n) is 4.26. The molecule has 28 heavy (non-hydrogen) atoms. The molecule has 0 heterocycles. The number of allylic oxidation sites excluding steroid dienone is 1. The zero-order chi connectivity index (χ0) is 22.3. The molecule has 0 radical (unpaired) electrons. The highest BCUT2D eigenvalue weighted by Crippen LogP contribution is 2.57. The molecule has 0 saturated heterocycles. The van der Waals surface area contributed by atoms with Gasteiger partial charge in [0.1, 0.15) is 0 Å². The molecule has 2 saturated carbocycles. The lowest BCUT2D eigenvalue weighted by Gasteiger charge is -2.41. The number of hydrogen-bond acceptors (Lipinski definition) is 1. The van der Waals surface area contributed by atoms with Crippen LogP contribution in [0.5, 0.6) is 0 Å². The van der Waals surface area contributed by atoms with Gasteiger partial charge in [-0.2, -0.15) is 0 Å². The van der Waals surface area contributed by atoms with Gasteiger partial charge in [-0.05, 0) is 73.1 Å². The predicted octanol–water partition coefficient (Wildman–Crippen LogP) is 9.01. The molecule has 0 spiro atoms. The van der Waals surface area contributed by atoms with Crippen LogP contribution in [0.15, 0.2) is 22.7 Å². The number of fused-ring (bicyclic) bond motifs is 1. The second kappa shape index (κ2) is 16.3. The third-order valence-electron chi connectivity index (χ3n) is 6.14. The van der Waals surface area contributed by atoms with Crippen molar-refractivity contribution in [3.63, 3.8) is 0 Å². The summed E-state index contributed by atoms with van der Waals surface area (Å²) in [7, 11) is 0. The summed E-state index contributed by atoms with van der Waals surface area (Å²) in [6.07, 6.45) is 9.67. The first-order chi connectivity index (χ1) is 13.2. The van der Waals surface area contributed by atoms with E-state index in [4.69, 9.17) is 5.11 Å². The van der Waals surface area contributed by atoms with E-state index in [1.54, 1.807) is 5.57 Å². The van der Waals surface area contributed by atoms with Gasteiger partial charge in [0.15, 0.2) is 0 Å². The molecule has 3 unspecified atom stereocenters. The Morgan fingerprint density at radius 3 is 2.32 bits per heavy atom. The molecule has 0 aromatic carbocycles. The van der Waals surface area contributed by atoms with Gasteiger partial charge in [-0.15, -0.1) is 0 Å². The van der Waals surface area contributed by atoms with Crippen LogP contribution < -0.4 is 0 Å². The summed E-state index contributed by atoms with van der Waals surface area (Å²) in [5.74, 6) is 1.60. The van der Waals surface area contributed by atoms with Gasteiger partial charge in [-0.25, -0.2) is 4.79 Å². The summed E-state index contributed by atoms with van der Waals surface area (Å²) < 4.78 is 0. The molecule has 2 aliphatic carbocycles. The van der Waals surface area contributed by atoms with E-state index in [1.165, 1.54) is 32.1 Å². The summed E-state index contributed by atoms with van der Waals surface area (Å²) in [5.41, 5.74) is 2.63. The van der Waals surface area contributed by atoms with Gasteiger partial charge < -0.3 is 5.11 Å². The molecular formula is C25H47BrO2. The number of carboxylic acid groups (broad SMARTS) is 1. The number of halogens is 1. The lowest BCUT2D eigenvalue weighted by atomic mass is 9.64. The van der Waals surface area contributed by atoms with Crippen molar-refractivity contribution in [3.05, 3.63) is 22.7 Å². The van der Waals surface area contributed by atoms with Crippen LogP contribution in [0.25, 0.3) is 0 Å². The van der Waals surface area contributed by atoms with Gasteiger partial charge in [0, 0.05) is 5.57 Å². The minimum atomic E-state index is -0.867. The molecule has 0 aliphatic heterocycles. The molecule has 3 atom stereocenters. The van der Waals surface area contributed by atoms with E-state index in [-0.39, 0.29) is 0 Å². The standard InChI is InChI=1S/C12H19Br.C9H16O2.2C2H6/c1-9-5-6-11-10(8-13)4-3-7-12(9,11)2;1-7(2)5-4-6-8(3)9(10)11;2*1-2/h8-9,11H,3-7H2,1-2H3;7H,3-6H2,1-2H3,(H,10,11);2*1-2H3/b10-8+;;;. The van der Waals surface area contributed by atoms with E-state index in [0.717, 1.165) is 24.7 Å². The molecule has 2 nitrogen and oxygen atoms in total. The highest BCUT2D eigenvalue weighted by Gasteiger charge is 2.46. The van der Waals surface area contributed by atoms with Gasteiger partial charge in [0.05, 0.1) is 0 Å². The van der Waals surface area contributed by atoms with Crippen molar-refractivity contribution in [3.8, 4) is 0 Å². The number of carboxylic acids is 1. The summed E-state index contributed by atoms with van der Waals surface area (Å²) in [5, 5.41) is 8.45. The van der Waals surface area contributed by atoms with E-state index in [1.807, 2.05) is 27.7 Å². The van der Waals surface area contributed by atoms with E-state index < -0.39 is 5.97 Å². The summed E-state index contributed by atoms with van der Waals surface area (Å²) in [6, 6.07) is 0. The minimum Gasteiger partial charge on any atom is -0.478 e. The van der Waals surface area contributed by atoms with Crippen molar-refractivity contribution in [2.24, 2.45) is 23.2 Å². The summed E-state index contributed by atoms with van der Waals surface area (Å²) >= 11 is 3.53. The number of aliphatic carboxylic acids is 1. The summed E-state index contributed by atoms with van der Waals surface area (Å²) in [4.78, 5) is 12.5. The molecular weight excluding hydrogens is 412 g/mol. The lowest BCUT2D eigenvalue weighted by molar-refractivity contribution is -0.132. The van der Waals surface area contributed by atoms with Crippen molar-refractivity contribution in [2.45, 2.75) is 107 Å². The van der Waals surface area contributed by atoms with Crippen LogP contribution in [0.4, 0.5) is 0 Å². The Hall–Kier alpha value is -0.570. The lowest BCUT2D eigenvalue weighted by Crippen LogP contribution is -2.31. The van der Waals surface area contributed by atoms with E-state index in [9.17, 15) is 4.79 Å². The van der Waals surface area contributed by atoms with Crippen molar-refractivity contribution in [2.75, 3.05) is 0 Å². The molecule has 0 bridgehead atoms. The Balaban J connectivity index is 0. The largest absolute Gasteiger partial charge is 0.478 e. The first-order valence-corrected chi connectivity index (χ1v) is 12.3. The van der Waals surface area contributed by atoms with Gasteiger partial charge in [0.2, 0.25) is 0 Å². The molecule has 2 rings (SSSR count). The average molecular weight is 460 g/mol. The molecule has 1 N–H and O–H groups in total. The molecule has 0 aromatic rings. The molecule has 166 valence electrons. The van der Waals surface area contributed by atoms with Crippen LogP contribution in [0.1, 0.15) is 107 Å².